The molecule has 2 rings (SSSR count). The topological polar surface area (TPSA) is 68.3 Å². The van der Waals surface area contributed by atoms with E-state index < -0.39 is 10.0 Å². The highest BCUT2D eigenvalue weighted by molar-refractivity contribution is 7.92. The molecule has 136 valence electrons. The molecular weight excluding hydrogens is 336 g/mol. The van der Waals surface area contributed by atoms with Gasteiger partial charge in [0.05, 0.1) is 23.4 Å². The Balaban J connectivity index is 2.35. The third-order valence-electron chi connectivity index (χ3n) is 3.74. The van der Waals surface area contributed by atoms with Gasteiger partial charge in [-0.2, -0.15) is 0 Å². The molecule has 0 aliphatic rings. The summed E-state index contributed by atoms with van der Waals surface area (Å²) in [4.78, 5) is 4.14. The summed E-state index contributed by atoms with van der Waals surface area (Å²) >= 11 is 0. The van der Waals surface area contributed by atoms with Crippen molar-refractivity contribution in [3.8, 4) is 5.75 Å². The first-order valence-electron chi connectivity index (χ1n) is 8.44. The zero-order chi connectivity index (χ0) is 18.5. The molecule has 25 heavy (non-hydrogen) atoms. The molecule has 1 aromatic heterocycles. The predicted molar refractivity (Wildman–Crippen MR) is 101 cm³/mol. The van der Waals surface area contributed by atoms with Gasteiger partial charge in [0.25, 0.3) is 10.0 Å². The maximum Gasteiger partial charge on any atom is 0.261 e. The Hall–Kier alpha value is -2.08. The molecule has 0 atom stereocenters. The first-order chi connectivity index (χ1) is 11.7. The van der Waals surface area contributed by atoms with Crippen molar-refractivity contribution in [2.24, 2.45) is 0 Å². The number of rotatable bonds is 7. The van der Waals surface area contributed by atoms with Gasteiger partial charge in [0.2, 0.25) is 0 Å². The minimum atomic E-state index is -3.68. The number of anilines is 1. The first kappa shape index (κ1) is 19.2. The van der Waals surface area contributed by atoms with E-state index in [9.17, 15) is 8.42 Å². The summed E-state index contributed by atoms with van der Waals surface area (Å²) in [6, 6.07) is 8.36. The number of ether oxygens (including phenoxy) is 1. The number of hydrogen-bond acceptors (Lipinski definition) is 4. The lowest BCUT2D eigenvalue weighted by molar-refractivity contribution is 0.301. The van der Waals surface area contributed by atoms with E-state index in [1.54, 1.807) is 36.5 Å². The van der Waals surface area contributed by atoms with Gasteiger partial charge in [-0.25, -0.2) is 8.42 Å². The molecule has 0 aliphatic heterocycles. The molecule has 1 N–H and O–H groups in total. The smallest absolute Gasteiger partial charge is 0.261 e. The van der Waals surface area contributed by atoms with Crippen molar-refractivity contribution in [1.29, 1.82) is 0 Å². The van der Waals surface area contributed by atoms with Gasteiger partial charge < -0.3 is 4.74 Å². The molecule has 0 bridgehead atoms. The van der Waals surface area contributed by atoms with Crippen LogP contribution in [0.1, 0.15) is 46.1 Å². The fourth-order valence-electron chi connectivity index (χ4n) is 2.35. The SMILES string of the molecule is CCCCOc1ccc(S(=O)(=O)Nc2cccnc2)cc1C(C)(C)C. The van der Waals surface area contributed by atoms with Crippen LogP contribution in [0.3, 0.4) is 0 Å². The van der Waals surface area contributed by atoms with Crippen LogP contribution < -0.4 is 9.46 Å². The van der Waals surface area contributed by atoms with Gasteiger partial charge in [-0.1, -0.05) is 34.1 Å². The average Bonchev–Trinajstić information content (AvgIpc) is 2.55. The summed E-state index contributed by atoms with van der Waals surface area (Å²) in [5.74, 6) is 0.737. The van der Waals surface area contributed by atoms with Gasteiger partial charge in [-0.15, -0.1) is 0 Å². The van der Waals surface area contributed by atoms with Gasteiger partial charge >= 0.3 is 0 Å². The van der Waals surface area contributed by atoms with Crippen LogP contribution in [0, 0.1) is 0 Å². The van der Waals surface area contributed by atoms with Gasteiger partial charge in [-0.3, -0.25) is 9.71 Å². The van der Waals surface area contributed by atoms with E-state index in [1.165, 1.54) is 6.20 Å². The molecule has 0 amide bonds. The number of nitrogens with one attached hydrogen (secondary N) is 1. The van der Waals surface area contributed by atoms with Crippen molar-refractivity contribution in [3.63, 3.8) is 0 Å². The highest BCUT2D eigenvalue weighted by atomic mass is 32.2. The summed E-state index contributed by atoms with van der Waals surface area (Å²) < 4.78 is 33.8. The summed E-state index contributed by atoms with van der Waals surface area (Å²) in [6.45, 7) is 8.85. The number of unbranched alkanes of at least 4 members (excludes halogenated alkanes) is 1. The molecule has 2 aromatic rings. The summed E-state index contributed by atoms with van der Waals surface area (Å²) in [7, 11) is -3.68. The molecule has 0 radical (unpaired) electrons. The van der Waals surface area contributed by atoms with Crippen molar-refractivity contribution in [2.75, 3.05) is 11.3 Å². The molecule has 0 spiro atoms. The van der Waals surface area contributed by atoms with Crippen LogP contribution in [0.5, 0.6) is 5.75 Å². The molecular formula is C19H26N2O3S. The van der Waals surface area contributed by atoms with Crippen LogP contribution in [-0.4, -0.2) is 20.0 Å². The molecule has 0 unspecified atom stereocenters. The van der Waals surface area contributed by atoms with Crippen molar-refractivity contribution in [3.05, 3.63) is 48.3 Å². The highest BCUT2D eigenvalue weighted by Crippen LogP contribution is 2.34. The van der Waals surface area contributed by atoms with E-state index in [0.29, 0.717) is 12.3 Å². The van der Waals surface area contributed by atoms with Gasteiger partial charge in [0, 0.05) is 11.8 Å². The molecule has 0 fully saturated rings. The maximum atomic E-state index is 12.7. The number of sulfonamides is 1. The van der Waals surface area contributed by atoms with Crippen molar-refractivity contribution >= 4 is 15.7 Å². The number of aromatic nitrogens is 1. The summed E-state index contributed by atoms with van der Waals surface area (Å²) in [5, 5.41) is 0. The third kappa shape index (κ3) is 5.19. The highest BCUT2D eigenvalue weighted by Gasteiger charge is 2.23. The van der Waals surface area contributed by atoms with E-state index >= 15 is 0 Å². The van der Waals surface area contributed by atoms with Gasteiger partial charge in [0.15, 0.2) is 0 Å². The Kier molecular flexibility index (Phi) is 6.06. The van der Waals surface area contributed by atoms with Crippen LogP contribution in [-0.2, 0) is 15.4 Å². The van der Waals surface area contributed by atoms with Crippen LogP contribution in [0.2, 0.25) is 0 Å². The molecule has 0 saturated carbocycles. The van der Waals surface area contributed by atoms with Crippen LogP contribution in [0.4, 0.5) is 5.69 Å². The second kappa shape index (κ2) is 7.87. The zero-order valence-electron chi connectivity index (χ0n) is 15.2. The predicted octanol–water partition coefficient (Wildman–Crippen LogP) is 4.36. The second-order valence-electron chi connectivity index (χ2n) is 6.96. The van der Waals surface area contributed by atoms with Gasteiger partial charge in [0.1, 0.15) is 5.75 Å². The number of pyridine rings is 1. The maximum absolute atomic E-state index is 12.7. The Bertz CT molecular complexity index is 797. The van der Waals surface area contributed by atoms with Crippen LogP contribution in [0.15, 0.2) is 47.6 Å². The lowest BCUT2D eigenvalue weighted by Crippen LogP contribution is -2.17. The Morgan fingerprint density at radius 3 is 2.56 bits per heavy atom. The first-order valence-corrected chi connectivity index (χ1v) is 9.92. The van der Waals surface area contributed by atoms with Crippen molar-refractivity contribution < 1.29 is 13.2 Å². The molecule has 5 nitrogen and oxygen atoms in total. The zero-order valence-corrected chi connectivity index (χ0v) is 16.1. The standard InChI is InChI=1S/C19H26N2O3S/c1-5-6-12-24-18-10-9-16(13-17(18)19(2,3)4)25(22,23)21-15-8-7-11-20-14-15/h7-11,13-14,21H,5-6,12H2,1-4H3. The Morgan fingerprint density at radius 1 is 1.20 bits per heavy atom. The normalized spacial score (nSPS) is 12.0. The van der Waals surface area contributed by atoms with Crippen molar-refractivity contribution in [2.45, 2.75) is 50.8 Å². The van der Waals surface area contributed by atoms with E-state index in [-0.39, 0.29) is 10.3 Å². The fraction of sp³-hybridized carbons (Fsp3) is 0.421. The van der Waals surface area contributed by atoms with Crippen molar-refractivity contribution in [1.82, 2.24) is 4.98 Å². The molecule has 1 aromatic carbocycles. The Morgan fingerprint density at radius 2 is 1.96 bits per heavy atom. The summed E-state index contributed by atoms with van der Waals surface area (Å²) in [5.41, 5.74) is 1.07. The quantitative estimate of drug-likeness (QED) is 0.743. The lowest BCUT2D eigenvalue weighted by Gasteiger charge is -2.24. The lowest BCUT2D eigenvalue weighted by atomic mass is 9.86. The van der Waals surface area contributed by atoms with E-state index in [2.05, 4.69) is 16.6 Å². The summed E-state index contributed by atoms with van der Waals surface area (Å²) in [6.07, 6.45) is 5.08. The van der Waals surface area contributed by atoms with E-state index in [1.807, 2.05) is 20.8 Å². The Labute approximate surface area is 150 Å². The van der Waals surface area contributed by atoms with Crippen LogP contribution in [0.25, 0.3) is 0 Å². The monoisotopic (exact) mass is 362 g/mol. The molecule has 0 aliphatic carbocycles. The molecule has 0 saturated heterocycles. The largest absolute Gasteiger partial charge is 0.493 e. The van der Waals surface area contributed by atoms with Gasteiger partial charge in [-0.05, 0) is 42.2 Å². The third-order valence-corrected chi connectivity index (χ3v) is 5.12. The molecule has 1 heterocycles. The minimum absolute atomic E-state index is 0.212. The minimum Gasteiger partial charge on any atom is -0.493 e. The average molecular weight is 362 g/mol. The van der Waals surface area contributed by atoms with E-state index in [0.717, 1.165) is 24.2 Å². The number of nitrogens with zero attached hydrogens (tertiary/aromatic N) is 1. The number of hydrogen-bond donors (Lipinski definition) is 1. The van der Waals surface area contributed by atoms with E-state index in [4.69, 9.17) is 4.74 Å². The van der Waals surface area contributed by atoms with Crippen LogP contribution >= 0.6 is 0 Å². The molecule has 6 heteroatoms. The second-order valence-corrected chi connectivity index (χ2v) is 8.64. The number of benzene rings is 1. The fourth-order valence-corrected chi connectivity index (χ4v) is 3.42.